The van der Waals surface area contributed by atoms with Gasteiger partial charge in [0.2, 0.25) is 5.91 Å². The maximum atomic E-state index is 13.6. The van der Waals surface area contributed by atoms with Crippen LogP contribution in [0.1, 0.15) is 11.6 Å². The number of rotatable bonds is 4. The number of carbonyl (C=O) groups is 2. The van der Waals surface area contributed by atoms with Gasteiger partial charge in [-0.2, -0.15) is 0 Å². The summed E-state index contributed by atoms with van der Waals surface area (Å²) in [5.41, 5.74) is 1.91. The summed E-state index contributed by atoms with van der Waals surface area (Å²) >= 11 is 12.1. The summed E-state index contributed by atoms with van der Waals surface area (Å²) in [6.07, 6.45) is -0.964. The number of hydrogen-bond donors (Lipinski definition) is 0. The molecule has 2 aliphatic rings. The molecule has 2 heterocycles. The number of ether oxygens (including phenoxy) is 1. The lowest BCUT2D eigenvalue weighted by atomic mass is 9.90. The van der Waals surface area contributed by atoms with Gasteiger partial charge in [-0.1, -0.05) is 53.5 Å². The summed E-state index contributed by atoms with van der Waals surface area (Å²) in [6.45, 7) is 0. The lowest BCUT2D eigenvalue weighted by Gasteiger charge is -2.29. The van der Waals surface area contributed by atoms with Crippen molar-refractivity contribution in [1.82, 2.24) is 0 Å². The van der Waals surface area contributed by atoms with Gasteiger partial charge in [0, 0.05) is 0 Å². The first kappa shape index (κ1) is 20.8. The summed E-state index contributed by atoms with van der Waals surface area (Å²) in [5, 5.41) is 2.25. The minimum Gasteiger partial charge on any atom is -0.497 e. The summed E-state index contributed by atoms with van der Waals surface area (Å²) in [6, 6.07) is 21.0. The summed E-state index contributed by atoms with van der Waals surface area (Å²) in [4.78, 5) is 34.2. The second kappa shape index (κ2) is 8.13. The van der Waals surface area contributed by atoms with Crippen LogP contribution in [0, 0.1) is 5.92 Å². The number of amides is 2. The monoisotopic (exact) mass is 468 g/mol. The lowest BCUT2D eigenvalue weighted by Crippen LogP contribution is -2.37. The van der Waals surface area contributed by atoms with Crippen LogP contribution in [0.2, 0.25) is 10.0 Å². The average Bonchev–Trinajstić information content (AvgIpc) is 3.32. The minimum atomic E-state index is -0.964. The second-order valence-corrected chi connectivity index (χ2v) is 8.36. The quantitative estimate of drug-likeness (QED) is 0.501. The van der Waals surface area contributed by atoms with Crippen LogP contribution in [-0.4, -0.2) is 25.0 Å². The number of fused-ring (bicyclic) bond motifs is 1. The van der Waals surface area contributed by atoms with Gasteiger partial charge in [0.25, 0.3) is 5.91 Å². The maximum Gasteiger partial charge on any atom is 0.266 e. The zero-order valence-corrected chi connectivity index (χ0v) is 18.5. The molecule has 2 fully saturated rings. The third kappa shape index (κ3) is 3.32. The molecule has 0 spiro atoms. The molecule has 0 aromatic heterocycles. The third-order valence-corrected chi connectivity index (χ3v) is 6.46. The van der Waals surface area contributed by atoms with Crippen LogP contribution in [0.15, 0.2) is 72.8 Å². The van der Waals surface area contributed by atoms with Crippen molar-refractivity contribution in [3.63, 3.8) is 0 Å². The molecule has 2 saturated heterocycles. The number of methoxy groups -OCH3 is 1. The van der Waals surface area contributed by atoms with Crippen molar-refractivity contribution >= 4 is 46.4 Å². The second-order valence-electron chi connectivity index (χ2n) is 7.54. The van der Waals surface area contributed by atoms with Crippen molar-refractivity contribution < 1.29 is 19.2 Å². The van der Waals surface area contributed by atoms with E-state index in [1.807, 2.05) is 54.6 Å². The first-order valence-electron chi connectivity index (χ1n) is 9.97. The van der Waals surface area contributed by atoms with Crippen LogP contribution in [0.25, 0.3) is 0 Å². The Hall–Kier alpha value is -3.06. The van der Waals surface area contributed by atoms with E-state index in [-0.39, 0.29) is 10.9 Å². The van der Waals surface area contributed by atoms with Gasteiger partial charge < -0.3 is 4.74 Å². The minimum absolute atomic E-state index is 0.262. The van der Waals surface area contributed by atoms with Crippen LogP contribution in [-0.2, 0) is 14.4 Å². The van der Waals surface area contributed by atoms with Crippen molar-refractivity contribution in [2.24, 2.45) is 5.92 Å². The van der Waals surface area contributed by atoms with E-state index in [0.29, 0.717) is 16.5 Å². The van der Waals surface area contributed by atoms with Crippen molar-refractivity contribution in [3.8, 4) is 5.75 Å². The Morgan fingerprint density at radius 3 is 2.34 bits per heavy atom. The van der Waals surface area contributed by atoms with Crippen LogP contribution < -0.4 is 14.7 Å². The van der Waals surface area contributed by atoms with Crippen molar-refractivity contribution in [3.05, 3.63) is 88.4 Å². The Balaban J connectivity index is 1.59. The van der Waals surface area contributed by atoms with Crippen LogP contribution in [0.4, 0.5) is 11.4 Å². The molecule has 0 radical (unpaired) electrons. The molecule has 5 rings (SSSR count). The number of nitrogens with zero attached hydrogens (tertiary/aromatic N) is 2. The van der Waals surface area contributed by atoms with Gasteiger partial charge in [-0.15, -0.1) is 0 Å². The number of anilines is 2. The fourth-order valence-corrected chi connectivity index (χ4v) is 4.55. The van der Waals surface area contributed by atoms with Gasteiger partial charge in [-0.05, 0) is 48.0 Å². The van der Waals surface area contributed by atoms with Gasteiger partial charge in [-0.25, -0.2) is 9.96 Å². The Morgan fingerprint density at radius 2 is 1.62 bits per heavy atom. The fourth-order valence-electron chi connectivity index (χ4n) is 4.26. The molecule has 6 nitrogen and oxygen atoms in total. The van der Waals surface area contributed by atoms with E-state index in [1.54, 1.807) is 24.3 Å². The first-order valence-corrected chi connectivity index (χ1v) is 10.7. The van der Waals surface area contributed by atoms with Gasteiger partial charge >= 0.3 is 0 Å². The van der Waals surface area contributed by atoms with Crippen LogP contribution in [0.3, 0.4) is 0 Å². The highest BCUT2D eigenvalue weighted by atomic mass is 35.5. The van der Waals surface area contributed by atoms with E-state index >= 15 is 0 Å². The van der Waals surface area contributed by atoms with E-state index in [9.17, 15) is 9.59 Å². The predicted molar refractivity (Wildman–Crippen MR) is 122 cm³/mol. The third-order valence-electron chi connectivity index (χ3n) is 5.72. The summed E-state index contributed by atoms with van der Waals surface area (Å²) < 4.78 is 5.38. The van der Waals surface area contributed by atoms with Crippen molar-refractivity contribution in [1.29, 1.82) is 0 Å². The molecule has 3 atom stereocenters. The molecule has 3 aromatic rings. The molecule has 0 N–H and O–H groups in total. The first-order chi connectivity index (χ1) is 15.5. The fraction of sp³-hybridized carbons (Fsp3) is 0.167. The SMILES string of the molecule is COc1cccc([C@H]2[C@H]3C(=O)N(c4ccc(Cl)c(Cl)c4)C(=O)[C@@H]3ON2c2ccccc2)c1. The van der Waals surface area contributed by atoms with Crippen molar-refractivity contribution in [2.45, 2.75) is 12.1 Å². The molecule has 0 saturated carbocycles. The molecule has 2 aliphatic heterocycles. The molecule has 0 aliphatic carbocycles. The lowest BCUT2D eigenvalue weighted by molar-refractivity contribution is -0.126. The highest BCUT2D eigenvalue weighted by molar-refractivity contribution is 6.42. The Morgan fingerprint density at radius 1 is 0.844 bits per heavy atom. The molecule has 0 bridgehead atoms. The summed E-state index contributed by atoms with van der Waals surface area (Å²) in [7, 11) is 1.58. The number of imide groups is 1. The molecule has 0 unspecified atom stereocenters. The van der Waals surface area contributed by atoms with E-state index in [0.717, 1.165) is 16.2 Å². The predicted octanol–water partition coefficient (Wildman–Crippen LogP) is 5.05. The number of benzene rings is 3. The number of halogens is 2. The van der Waals surface area contributed by atoms with Crippen LogP contribution >= 0.6 is 23.2 Å². The molecule has 2 amide bonds. The van der Waals surface area contributed by atoms with Crippen molar-refractivity contribution in [2.75, 3.05) is 17.1 Å². The van der Waals surface area contributed by atoms with E-state index in [2.05, 4.69) is 0 Å². The van der Waals surface area contributed by atoms with Crippen LogP contribution in [0.5, 0.6) is 5.75 Å². The molecule has 32 heavy (non-hydrogen) atoms. The molecule has 8 heteroatoms. The molecular formula is C24H18Cl2N2O4. The molecular weight excluding hydrogens is 451 g/mol. The zero-order valence-electron chi connectivity index (χ0n) is 16.9. The zero-order chi connectivity index (χ0) is 22.4. The number of carbonyl (C=O) groups excluding carboxylic acids is 2. The molecule has 162 valence electrons. The smallest absolute Gasteiger partial charge is 0.266 e. The normalized spacial score (nSPS) is 22.4. The number of hydroxylamine groups is 1. The van der Waals surface area contributed by atoms with E-state index in [1.165, 1.54) is 6.07 Å². The molecule has 3 aromatic carbocycles. The van der Waals surface area contributed by atoms with E-state index in [4.69, 9.17) is 32.8 Å². The van der Waals surface area contributed by atoms with Gasteiger partial charge in [0.1, 0.15) is 11.7 Å². The standard InChI is InChI=1S/C24H18Cl2N2O4/c1-31-17-9-5-6-14(12-17)21-20-22(32-28(21)15-7-3-2-4-8-15)24(30)27(23(20)29)16-10-11-18(25)19(26)13-16/h2-13,20-22H,1H3/t20-,21+,22-/m1/s1. The maximum absolute atomic E-state index is 13.6. The Kier molecular flexibility index (Phi) is 5.29. The summed E-state index contributed by atoms with van der Waals surface area (Å²) in [5.74, 6) is -0.893. The number of para-hydroxylation sites is 1. The highest BCUT2D eigenvalue weighted by Crippen LogP contribution is 2.48. The Bertz CT molecular complexity index is 1200. The Labute approximate surface area is 194 Å². The van der Waals surface area contributed by atoms with Gasteiger partial charge in [-0.3, -0.25) is 14.4 Å². The highest BCUT2D eigenvalue weighted by Gasteiger charge is 2.60. The van der Waals surface area contributed by atoms with Gasteiger partial charge in [0.15, 0.2) is 6.10 Å². The van der Waals surface area contributed by atoms with Gasteiger partial charge in [0.05, 0.1) is 34.6 Å². The average molecular weight is 469 g/mol. The topological polar surface area (TPSA) is 59.1 Å². The van der Waals surface area contributed by atoms with E-state index < -0.39 is 24.0 Å². The number of hydrogen-bond acceptors (Lipinski definition) is 5. The largest absolute Gasteiger partial charge is 0.497 e.